The molecule has 1 aromatic carbocycles. The van der Waals surface area contributed by atoms with Crippen molar-refractivity contribution in [1.29, 1.82) is 0 Å². The molecule has 0 radical (unpaired) electrons. The molecular weight excluding hydrogens is 254 g/mol. The van der Waals surface area contributed by atoms with E-state index in [4.69, 9.17) is 4.74 Å². The monoisotopic (exact) mass is 275 g/mol. The van der Waals surface area contributed by atoms with Crippen LogP contribution in [-0.4, -0.2) is 29.7 Å². The maximum absolute atomic E-state index is 11.3. The van der Waals surface area contributed by atoms with Gasteiger partial charge in [0.15, 0.2) is 0 Å². The quantitative estimate of drug-likeness (QED) is 0.782. The molecule has 1 fully saturated rings. The molecule has 0 saturated carbocycles. The summed E-state index contributed by atoms with van der Waals surface area (Å²) in [7, 11) is 1.98. The number of H-pyrrole nitrogens is 2. The van der Waals surface area contributed by atoms with Crippen molar-refractivity contribution < 1.29 is 4.74 Å². The van der Waals surface area contributed by atoms with E-state index in [0.717, 1.165) is 30.5 Å². The van der Waals surface area contributed by atoms with Crippen LogP contribution in [0.5, 0.6) is 0 Å². The number of aromatic nitrogens is 2. The van der Waals surface area contributed by atoms with Gasteiger partial charge >= 0.3 is 5.69 Å². The van der Waals surface area contributed by atoms with Crippen molar-refractivity contribution >= 4 is 11.0 Å². The summed E-state index contributed by atoms with van der Waals surface area (Å²) in [6, 6.07) is 6.37. The van der Waals surface area contributed by atoms with Gasteiger partial charge in [-0.15, -0.1) is 0 Å². The second-order valence-corrected chi connectivity index (χ2v) is 5.44. The van der Waals surface area contributed by atoms with Gasteiger partial charge in [-0.3, -0.25) is 0 Å². The smallest absolute Gasteiger partial charge is 0.323 e. The van der Waals surface area contributed by atoms with Gasteiger partial charge in [0.2, 0.25) is 0 Å². The van der Waals surface area contributed by atoms with Crippen molar-refractivity contribution in [1.82, 2.24) is 15.3 Å². The van der Waals surface area contributed by atoms with E-state index < -0.39 is 0 Å². The van der Waals surface area contributed by atoms with Gasteiger partial charge in [-0.2, -0.15) is 0 Å². The molecule has 108 valence electrons. The molecule has 1 saturated heterocycles. The number of benzene rings is 1. The van der Waals surface area contributed by atoms with Gasteiger partial charge < -0.3 is 20.0 Å². The third kappa shape index (κ3) is 2.78. The fraction of sp³-hybridized carbons (Fsp3) is 0.533. The number of fused-ring (bicyclic) bond motifs is 1. The van der Waals surface area contributed by atoms with Gasteiger partial charge in [-0.1, -0.05) is 6.07 Å². The van der Waals surface area contributed by atoms with Crippen LogP contribution in [0.25, 0.3) is 11.0 Å². The van der Waals surface area contributed by atoms with Crippen LogP contribution in [0.4, 0.5) is 0 Å². The molecular formula is C15H21N3O2. The zero-order valence-corrected chi connectivity index (χ0v) is 11.7. The topological polar surface area (TPSA) is 69.9 Å². The molecule has 2 atom stereocenters. The molecule has 5 nitrogen and oxygen atoms in total. The number of hydrogen-bond acceptors (Lipinski definition) is 3. The molecule has 1 aliphatic rings. The van der Waals surface area contributed by atoms with Crippen LogP contribution in [0.2, 0.25) is 0 Å². The number of imidazole rings is 1. The fourth-order valence-electron chi connectivity index (χ4n) is 2.97. The Morgan fingerprint density at radius 1 is 1.40 bits per heavy atom. The number of ether oxygens (including phenoxy) is 1. The highest BCUT2D eigenvalue weighted by molar-refractivity contribution is 5.75. The van der Waals surface area contributed by atoms with Crippen molar-refractivity contribution in [2.75, 3.05) is 13.7 Å². The zero-order chi connectivity index (χ0) is 13.9. The molecule has 1 aromatic heterocycles. The Balaban J connectivity index is 1.73. The molecule has 0 amide bonds. The Labute approximate surface area is 117 Å². The van der Waals surface area contributed by atoms with E-state index in [1.54, 1.807) is 0 Å². The normalized spacial score (nSPS) is 20.6. The molecule has 20 heavy (non-hydrogen) atoms. The Hall–Kier alpha value is -1.59. The standard InChI is InChI=1S/C15H21N3O2/c1-16-12(7-5-11-3-2-8-20-11)10-4-6-13-14(9-10)18-15(19)17-13/h4,6,9,11-12,16H,2-3,5,7-8H2,1H3,(H2,17,18,19). The minimum Gasteiger partial charge on any atom is -0.378 e. The van der Waals surface area contributed by atoms with E-state index in [1.165, 1.54) is 18.4 Å². The number of hydrogen-bond donors (Lipinski definition) is 3. The lowest BCUT2D eigenvalue weighted by Gasteiger charge is -2.18. The second kappa shape index (κ2) is 5.81. The molecule has 0 aliphatic carbocycles. The van der Waals surface area contributed by atoms with Crippen molar-refractivity contribution in [2.45, 2.75) is 37.8 Å². The van der Waals surface area contributed by atoms with Crippen LogP contribution in [0.3, 0.4) is 0 Å². The van der Waals surface area contributed by atoms with Gasteiger partial charge in [0.25, 0.3) is 0 Å². The Morgan fingerprint density at radius 3 is 3.00 bits per heavy atom. The summed E-state index contributed by atoms with van der Waals surface area (Å²) in [6.07, 6.45) is 4.90. The minimum absolute atomic E-state index is 0.155. The van der Waals surface area contributed by atoms with Gasteiger partial charge in [-0.05, 0) is 50.4 Å². The number of nitrogens with one attached hydrogen (secondary N) is 3. The summed E-state index contributed by atoms with van der Waals surface area (Å²) in [5.74, 6) is 0. The van der Waals surface area contributed by atoms with Crippen LogP contribution < -0.4 is 11.0 Å². The Bertz CT molecular complexity index is 625. The van der Waals surface area contributed by atoms with Gasteiger partial charge in [-0.25, -0.2) is 4.79 Å². The van der Waals surface area contributed by atoms with Crippen LogP contribution in [-0.2, 0) is 4.74 Å². The maximum Gasteiger partial charge on any atom is 0.323 e. The average molecular weight is 275 g/mol. The predicted octanol–water partition coefficient (Wildman–Crippen LogP) is 2.08. The Morgan fingerprint density at radius 2 is 2.25 bits per heavy atom. The number of rotatable bonds is 5. The average Bonchev–Trinajstić information content (AvgIpc) is 3.07. The van der Waals surface area contributed by atoms with E-state index in [-0.39, 0.29) is 5.69 Å². The summed E-state index contributed by atoms with van der Waals surface area (Å²) < 4.78 is 5.68. The lowest BCUT2D eigenvalue weighted by Crippen LogP contribution is -2.18. The zero-order valence-electron chi connectivity index (χ0n) is 11.7. The van der Waals surface area contributed by atoms with E-state index in [9.17, 15) is 4.79 Å². The predicted molar refractivity (Wildman–Crippen MR) is 78.9 cm³/mol. The van der Waals surface area contributed by atoms with Crippen molar-refractivity contribution in [2.24, 2.45) is 0 Å². The molecule has 0 bridgehead atoms. The van der Waals surface area contributed by atoms with Crippen molar-refractivity contribution in [3.8, 4) is 0 Å². The summed E-state index contributed by atoms with van der Waals surface area (Å²) in [5.41, 5.74) is 2.77. The fourth-order valence-corrected chi connectivity index (χ4v) is 2.97. The number of aromatic amines is 2. The first kappa shape index (κ1) is 13.4. The van der Waals surface area contributed by atoms with E-state index in [0.29, 0.717) is 12.1 Å². The third-order valence-electron chi connectivity index (χ3n) is 4.09. The highest BCUT2D eigenvalue weighted by Crippen LogP contribution is 2.25. The second-order valence-electron chi connectivity index (χ2n) is 5.44. The lowest BCUT2D eigenvalue weighted by molar-refractivity contribution is 0.0998. The molecule has 2 aromatic rings. The van der Waals surface area contributed by atoms with Crippen molar-refractivity contribution in [3.63, 3.8) is 0 Å². The molecule has 2 unspecified atom stereocenters. The molecule has 3 rings (SSSR count). The lowest BCUT2D eigenvalue weighted by atomic mass is 9.99. The summed E-state index contributed by atoms with van der Waals surface area (Å²) >= 11 is 0. The first-order valence-corrected chi connectivity index (χ1v) is 7.27. The maximum atomic E-state index is 11.3. The highest BCUT2D eigenvalue weighted by Gasteiger charge is 2.18. The third-order valence-corrected chi connectivity index (χ3v) is 4.09. The largest absolute Gasteiger partial charge is 0.378 e. The molecule has 3 N–H and O–H groups in total. The van der Waals surface area contributed by atoms with Gasteiger partial charge in [0.05, 0.1) is 17.1 Å². The van der Waals surface area contributed by atoms with Crippen LogP contribution in [0, 0.1) is 0 Å². The molecule has 1 aliphatic heterocycles. The van der Waals surface area contributed by atoms with Crippen molar-refractivity contribution in [3.05, 3.63) is 34.2 Å². The first-order valence-electron chi connectivity index (χ1n) is 7.27. The van der Waals surface area contributed by atoms with E-state index in [1.807, 2.05) is 19.2 Å². The molecule has 2 heterocycles. The van der Waals surface area contributed by atoms with Gasteiger partial charge in [0, 0.05) is 12.6 Å². The van der Waals surface area contributed by atoms with E-state index in [2.05, 4.69) is 21.4 Å². The van der Waals surface area contributed by atoms with E-state index >= 15 is 0 Å². The highest BCUT2D eigenvalue weighted by atomic mass is 16.5. The van der Waals surface area contributed by atoms with Crippen LogP contribution in [0.1, 0.15) is 37.3 Å². The van der Waals surface area contributed by atoms with Crippen LogP contribution >= 0.6 is 0 Å². The SMILES string of the molecule is CNC(CCC1CCCO1)c1ccc2[nH]c(=O)[nH]c2c1. The van der Waals surface area contributed by atoms with Crippen LogP contribution in [0.15, 0.2) is 23.0 Å². The Kier molecular flexibility index (Phi) is 3.89. The minimum atomic E-state index is -0.155. The summed E-state index contributed by atoms with van der Waals surface area (Å²) in [6.45, 7) is 0.908. The summed E-state index contributed by atoms with van der Waals surface area (Å²) in [5, 5.41) is 3.36. The first-order chi connectivity index (χ1) is 9.76. The molecule has 5 heteroatoms. The van der Waals surface area contributed by atoms with Gasteiger partial charge in [0.1, 0.15) is 0 Å². The summed E-state index contributed by atoms with van der Waals surface area (Å²) in [4.78, 5) is 16.9. The molecule has 0 spiro atoms.